The van der Waals surface area contributed by atoms with Gasteiger partial charge in [-0.05, 0) is 83.4 Å². The van der Waals surface area contributed by atoms with E-state index in [1.807, 2.05) is 58.0 Å². The number of hydrogen-bond acceptors (Lipinski definition) is 4. The molecule has 3 rings (SSSR count). The van der Waals surface area contributed by atoms with Gasteiger partial charge in [-0.25, -0.2) is 8.42 Å². The summed E-state index contributed by atoms with van der Waals surface area (Å²) in [6, 6.07) is 20.2. The van der Waals surface area contributed by atoms with E-state index in [0.29, 0.717) is 22.7 Å². The molecule has 1 atom stereocenters. The van der Waals surface area contributed by atoms with Gasteiger partial charge in [0.05, 0.1) is 10.6 Å². The van der Waals surface area contributed by atoms with Gasteiger partial charge >= 0.3 is 0 Å². The molecule has 0 fully saturated rings. The van der Waals surface area contributed by atoms with Crippen LogP contribution in [0.4, 0.5) is 5.69 Å². The second kappa shape index (κ2) is 12.9. The summed E-state index contributed by atoms with van der Waals surface area (Å²) in [5.74, 6) is -0.816. The van der Waals surface area contributed by atoms with Gasteiger partial charge < -0.3 is 10.2 Å². The Morgan fingerprint density at radius 1 is 0.925 bits per heavy atom. The molecule has 0 aliphatic carbocycles. The highest BCUT2D eigenvalue weighted by atomic mass is 35.5. The lowest BCUT2D eigenvalue weighted by Crippen LogP contribution is -2.55. The Labute approximate surface area is 243 Å². The van der Waals surface area contributed by atoms with Gasteiger partial charge in [0.15, 0.2) is 0 Å². The van der Waals surface area contributed by atoms with Crippen molar-refractivity contribution in [2.45, 2.75) is 64.4 Å². The Morgan fingerprint density at radius 3 is 2.15 bits per heavy atom. The number of nitrogens with one attached hydrogen (secondary N) is 1. The number of hydrogen-bond donors (Lipinski definition) is 1. The molecule has 0 aromatic heterocycles. The van der Waals surface area contributed by atoms with Crippen molar-refractivity contribution in [3.63, 3.8) is 0 Å². The number of benzene rings is 3. The Kier molecular flexibility index (Phi) is 10.0. The van der Waals surface area contributed by atoms with Crippen LogP contribution in [0.5, 0.6) is 0 Å². The van der Waals surface area contributed by atoms with Crippen molar-refractivity contribution in [2.75, 3.05) is 17.4 Å². The summed E-state index contributed by atoms with van der Waals surface area (Å²) in [6.45, 7) is 10.6. The van der Waals surface area contributed by atoms with Crippen molar-refractivity contribution in [2.24, 2.45) is 0 Å². The van der Waals surface area contributed by atoms with E-state index in [0.717, 1.165) is 15.4 Å². The summed E-state index contributed by atoms with van der Waals surface area (Å²) in [4.78, 5) is 28.7. The predicted molar refractivity (Wildman–Crippen MR) is 161 cm³/mol. The topological polar surface area (TPSA) is 86.8 Å². The Morgan fingerprint density at radius 2 is 1.55 bits per heavy atom. The molecular formula is C31H38ClN3O4S. The average Bonchev–Trinajstić information content (AvgIpc) is 2.89. The Balaban J connectivity index is 2.03. The second-order valence-electron chi connectivity index (χ2n) is 10.9. The first-order valence-corrected chi connectivity index (χ1v) is 15.0. The molecular weight excluding hydrogens is 546 g/mol. The fraction of sp³-hybridized carbons (Fsp3) is 0.355. The molecule has 3 aromatic rings. The quantitative estimate of drug-likeness (QED) is 0.340. The van der Waals surface area contributed by atoms with Crippen molar-refractivity contribution in [1.82, 2.24) is 10.2 Å². The minimum atomic E-state index is -4.15. The molecule has 1 N–H and O–H groups in total. The third-order valence-corrected chi connectivity index (χ3v) is 8.73. The first-order chi connectivity index (χ1) is 18.7. The van der Waals surface area contributed by atoms with E-state index in [2.05, 4.69) is 5.32 Å². The van der Waals surface area contributed by atoms with E-state index >= 15 is 0 Å². The molecule has 0 saturated carbocycles. The lowest BCUT2D eigenvalue weighted by atomic mass is 10.1. The number of halogens is 1. The van der Waals surface area contributed by atoms with E-state index in [1.165, 1.54) is 17.0 Å². The minimum Gasteiger partial charge on any atom is -0.350 e. The number of amides is 2. The molecule has 0 bridgehead atoms. The zero-order valence-corrected chi connectivity index (χ0v) is 25.5. The van der Waals surface area contributed by atoms with Crippen LogP contribution >= 0.6 is 11.6 Å². The standard InChI is InChI=1S/C31H38ClN3O4S/c1-22-15-17-26(18-16-22)40(38,39)35(28-14-10-13-27(32)23(28)2)21-29(36)34(20-19-25-11-8-7-9-12-25)24(3)30(37)33-31(4,5)6/h7-18,24H,19-21H2,1-6H3,(H,33,37)/t24-/m1/s1. The third kappa shape index (κ3) is 7.86. The zero-order chi connectivity index (χ0) is 29.7. The highest BCUT2D eigenvalue weighted by molar-refractivity contribution is 7.92. The summed E-state index contributed by atoms with van der Waals surface area (Å²) in [6.07, 6.45) is 0.501. The molecule has 214 valence electrons. The maximum absolute atomic E-state index is 14.0. The molecule has 0 saturated heterocycles. The summed E-state index contributed by atoms with van der Waals surface area (Å²) in [5.41, 5.74) is 2.24. The van der Waals surface area contributed by atoms with Crippen LogP contribution in [0.2, 0.25) is 5.02 Å². The van der Waals surface area contributed by atoms with Crippen LogP contribution < -0.4 is 9.62 Å². The highest BCUT2D eigenvalue weighted by Crippen LogP contribution is 2.31. The van der Waals surface area contributed by atoms with E-state index < -0.39 is 34.1 Å². The maximum atomic E-state index is 14.0. The van der Waals surface area contributed by atoms with E-state index in [1.54, 1.807) is 44.2 Å². The summed E-state index contributed by atoms with van der Waals surface area (Å²) >= 11 is 6.38. The van der Waals surface area contributed by atoms with Gasteiger partial charge in [-0.15, -0.1) is 0 Å². The molecule has 3 aromatic carbocycles. The van der Waals surface area contributed by atoms with E-state index in [9.17, 15) is 18.0 Å². The molecule has 0 heterocycles. The molecule has 0 radical (unpaired) electrons. The molecule has 9 heteroatoms. The van der Waals surface area contributed by atoms with Crippen LogP contribution in [0, 0.1) is 13.8 Å². The van der Waals surface area contributed by atoms with Gasteiger partial charge in [0.2, 0.25) is 11.8 Å². The van der Waals surface area contributed by atoms with Crippen LogP contribution in [0.3, 0.4) is 0 Å². The van der Waals surface area contributed by atoms with Crippen molar-refractivity contribution < 1.29 is 18.0 Å². The monoisotopic (exact) mass is 583 g/mol. The number of nitrogens with zero attached hydrogens (tertiary/aromatic N) is 2. The minimum absolute atomic E-state index is 0.0552. The molecule has 0 unspecified atom stereocenters. The van der Waals surface area contributed by atoms with Crippen LogP contribution in [-0.2, 0) is 26.0 Å². The van der Waals surface area contributed by atoms with Gasteiger partial charge in [-0.2, -0.15) is 0 Å². The average molecular weight is 584 g/mol. The fourth-order valence-electron chi connectivity index (χ4n) is 4.26. The smallest absolute Gasteiger partial charge is 0.264 e. The van der Waals surface area contributed by atoms with Crippen molar-refractivity contribution in [1.29, 1.82) is 0 Å². The molecule has 2 amide bonds. The molecule has 7 nitrogen and oxygen atoms in total. The van der Waals surface area contributed by atoms with Gasteiger partial charge in [-0.1, -0.05) is 65.7 Å². The summed E-state index contributed by atoms with van der Waals surface area (Å²) < 4.78 is 29.0. The number of carbonyl (C=O) groups is 2. The third-order valence-electron chi connectivity index (χ3n) is 6.55. The highest BCUT2D eigenvalue weighted by Gasteiger charge is 2.33. The number of sulfonamides is 1. The first kappa shape index (κ1) is 31.2. The molecule has 40 heavy (non-hydrogen) atoms. The number of anilines is 1. The first-order valence-electron chi connectivity index (χ1n) is 13.2. The van der Waals surface area contributed by atoms with Gasteiger partial charge in [-0.3, -0.25) is 13.9 Å². The number of aryl methyl sites for hydroxylation is 1. The summed E-state index contributed by atoms with van der Waals surface area (Å²) in [5, 5.41) is 3.32. The number of carbonyl (C=O) groups excluding carboxylic acids is 2. The molecule has 0 aliphatic rings. The normalized spacial score (nSPS) is 12.5. The largest absolute Gasteiger partial charge is 0.350 e. The van der Waals surface area contributed by atoms with Gasteiger partial charge in [0.1, 0.15) is 12.6 Å². The maximum Gasteiger partial charge on any atom is 0.264 e. The SMILES string of the molecule is Cc1ccc(S(=O)(=O)N(CC(=O)N(CCc2ccccc2)[C@H](C)C(=O)NC(C)(C)C)c2cccc(Cl)c2C)cc1. The van der Waals surface area contributed by atoms with E-state index in [-0.39, 0.29) is 17.3 Å². The van der Waals surface area contributed by atoms with Crippen LogP contribution in [0.15, 0.2) is 77.7 Å². The van der Waals surface area contributed by atoms with Crippen molar-refractivity contribution in [3.8, 4) is 0 Å². The van der Waals surface area contributed by atoms with Crippen LogP contribution in [-0.4, -0.2) is 49.8 Å². The van der Waals surface area contributed by atoms with Crippen molar-refractivity contribution >= 4 is 39.1 Å². The van der Waals surface area contributed by atoms with Gasteiger partial charge in [0, 0.05) is 17.1 Å². The lowest BCUT2D eigenvalue weighted by molar-refractivity contribution is -0.139. The van der Waals surface area contributed by atoms with Crippen LogP contribution in [0.25, 0.3) is 0 Å². The molecule has 0 aliphatic heterocycles. The Bertz CT molecular complexity index is 1440. The van der Waals surface area contributed by atoms with Crippen LogP contribution in [0.1, 0.15) is 44.4 Å². The Hall–Kier alpha value is -3.36. The lowest BCUT2D eigenvalue weighted by Gasteiger charge is -2.34. The predicted octanol–water partition coefficient (Wildman–Crippen LogP) is 5.53. The van der Waals surface area contributed by atoms with E-state index in [4.69, 9.17) is 11.6 Å². The number of rotatable bonds is 10. The van der Waals surface area contributed by atoms with Crippen molar-refractivity contribution in [3.05, 3.63) is 94.5 Å². The zero-order valence-electron chi connectivity index (χ0n) is 23.9. The second-order valence-corrected chi connectivity index (χ2v) is 13.2. The summed E-state index contributed by atoms with van der Waals surface area (Å²) in [7, 11) is -4.15. The van der Waals surface area contributed by atoms with Gasteiger partial charge in [0.25, 0.3) is 10.0 Å². The molecule has 0 spiro atoms. The fourth-order valence-corrected chi connectivity index (χ4v) is 5.90.